The topological polar surface area (TPSA) is 61.4 Å². The molecule has 1 aromatic rings. The number of nitrogens with one attached hydrogen (secondary N) is 1. The molecule has 0 aromatic carbocycles. The highest BCUT2D eigenvalue weighted by atomic mass is 16.2. The van der Waals surface area contributed by atoms with Crippen LogP contribution >= 0.6 is 0 Å². The average Bonchev–Trinajstić information content (AvgIpc) is 2.39. The van der Waals surface area contributed by atoms with Crippen LogP contribution in [0.4, 0.5) is 5.95 Å². The van der Waals surface area contributed by atoms with Gasteiger partial charge in [0.15, 0.2) is 0 Å². The van der Waals surface area contributed by atoms with E-state index in [4.69, 9.17) is 0 Å². The van der Waals surface area contributed by atoms with Crippen molar-refractivity contribution in [2.24, 2.45) is 0 Å². The molecular formula is C13H21N5O. The lowest BCUT2D eigenvalue weighted by Crippen LogP contribution is -2.47. The van der Waals surface area contributed by atoms with Gasteiger partial charge in [-0.15, -0.1) is 0 Å². The molecule has 0 radical (unpaired) electrons. The Hall–Kier alpha value is -1.69. The first-order chi connectivity index (χ1) is 9.06. The third-order valence-corrected chi connectivity index (χ3v) is 3.11. The van der Waals surface area contributed by atoms with Gasteiger partial charge >= 0.3 is 0 Å². The van der Waals surface area contributed by atoms with Crippen molar-refractivity contribution in [2.75, 3.05) is 38.5 Å². The van der Waals surface area contributed by atoms with Crippen molar-refractivity contribution in [1.82, 2.24) is 19.8 Å². The van der Waals surface area contributed by atoms with Gasteiger partial charge in [0.1, 0.15) is 0 Å². The van der Waals surface area contributed by atoms with Crippen LogP contribution < -0.4 is 5.32 Å². The van der Waals surface area contributed by atoms with Crippen molar-refractivity contribution in [3.63, 3.8) is 0 Å². The molecule has 1 aliphatic heterocycles. The van der Waals surface area contributed by atoms with E-state index in [0.29, 0.717) is 11.5 Å². The van der Waals surface area contributed by atoms with E-state index in [1.807, 2.05) is 18.7 Å². The number of carbonyl (C=O) groups is 1. The number of piperazine rings is 1. The van der Waals surface area contributed by atoms with Gasteiger partial charge in [0, 0.05) is 44.6 Å². The van der Waals surface area contributed by atoms with Gasteiger partial charge in [-0.25, -0.2) is 9.97 Å². The minimum absolute atomic E-state index is 0.0178. The third-order valence-electron chi connectivity index (χ3n) is 3.11. The van der Waals surface area contributed by atoms with Gasteiger partial charge in [0.25, 0.3) is 5.91 Å². The molecule has 1 saturated heterocycles. The number of carbonyl (C=O) groups excluding carboxylic acids is 1. The number of aromatic nitrogens is 2. The van der Waals surface area contributed by atoms with Crippen molar-refractivity contribution >= 4 is 11.9 Å². The molecule has 1 N–H and O–H groups in total. The van der Waals surface area contributed by atoms with Crippen LogP contribution in [0, 0.1) is 0 Å². The Morgan fingerprint density at radius 2 is 1.79 bits per heavy atom. The van der Waals surface area contributed by atoms with Gasteiger partial charge in [-0.2, -0.15) is 0 Å². The van der Waals surface area contributed by atoms with Gasteiger partial charge in [-0.3, -0.25) is 4.79 Å². The van der Waals surface area contributed by atoms with Crippen molar-refractivity contribution in [3.05, 3.63) is 18.0 Å². The highest BCUT2D eigenvalue weighted by Gasteiger charge is 2.20. The summed E-state index contributed by atoms with van der Waals surface area (Å²) in [5.41, 5.74) is 0.554. The summed E-state index contributed by atoms with van der Waals surface area (Å²) >= 11 is 0. The number of anilines is 1. The minimum Gasteiger partial charge on any atom is -0.352 e. The van der Waals surface area contributed by atoms with Crippen LogP contribution in [0.5, 0.6) is 0 Å². The van der Waals surface area contributed by atoms with Gasteiger partial charge in [0.05, 0.1) is 5.56 Å². The van der Waals surface area contributed by atoms with Crippen LogP contribution in [-0.2, 0) is 0 Å². The minimum atomic E-state index is 0.0178. The SMILES string of the molecule is CC(C)Nc1ncc(C(=O)N2CCN(C)CC2)cn1. The van der Waals surface area contributed by atoms with E-state index < -0.39 is 0 Å². The zero-order valence-corrected chi connectivity index (χ0v) is 11.8. The summed E-state index contributed by atoms with van der Waals surface area (Å²) in [5, 5.41) is 3.10. The van der Waals surface area contributed by atoms with Gasteiger partial charge in [-0.05, 0) is 20.9 Å². The highest BCUT2D eigenvalue weighted by molar-refractivity contribution is 5.93. The normalized spacial score (nSPS) is 16.7. The number of amides is 1. The molecule has 1 aliphatic rings. The van der Waals surface area contributed by atoms with E-state index >= 15 is 0 Å². The largest absolute Gasteiger partial charge is 0.352 e. The molecule has 0 aliphatic carbocycles. The average molecular weight is 263 g/mol. The van der Waals surface area contributed by atoms with Crippen LogP contribution in [0.15, 0.2) is 12.4 Å². The molecule has 6 nitrogen and oxygen atoms in total. The Kier molecular flexibility index (Phi) is 4.31. The molecular weight excluding hydrogens is 242 g/mol. The van der Waals surface area contributed by atoms with E-state index in [9.17, 15) is 4.79 Å². The second-order valence-corrected chi connectivity index (χ2v) is 5.19. The lowest BCUT2D eigenvalue weighted by molar-refractivity contribution is 0.0663. The van der Waals surface area contributed by atoms with E-state index in [1.54, 1.807) is 12.4 Å². The summed E-state index contributed by atoms with van der Waals surface area (Å²) < 4.78 is 0. The number of hydrogen-bond donors (Lipinski definition) is 1. The zero-order chi connectivity index (χ0) is 13.8. The van der Waals surface area contributed by atoms with Crippen molar-refractivity contribution in [3.8, 4) is 0 Å². The first-order valence-electron chi connectivity index (χ1n) is 6.62. The van der Waals surface area contributed by atoms with Gasteiger partial charge in [0.2, 0.25) is 5.95 Å². The molecule has 104 valence electrons. The van der Waals surface area contributed by atoms with Crippen LogP contribution in [0.1, 0.15) is 24.2 Å². The monoisotopic (exact) mass is 263 g/mol. The maximum absolute atomic E-state index is 12.2. The van der Waals surface area contributed by atoms with Crippen molar-refractivity contribution in [2.45, 2.75) is 19.9 Å². The standard InChI is InChI=1S/C13H21N5O/c1-10(2)16-13-14-8-11(9-15-13)12(19)18-6-4-17(3)5-7-18/h8-10H,4-7H2,1-3H3,(H,14,15,16). The fraction of sp³-hybridized carbons (Fsp3) is 0.615. The maximum Gasteiger partial charge on any atom is 0.257 e. The number of rotatable bonds is 3. The molecule has 1 fully saturated rings. The van der Waals surface area contributed by atoms with Crippen molar-refractivity contribution < 1.29 is 4.79 Å². The molecule has 19 heavy (non-hydrogen) atoms. The molecule has 0 saturated carbocycles. The molecule has 2 heterocycles. The summed E-state index contributed by atoms with van der Waals surface area (Å²) in [6.07, 6.45) is 3.19. The molecule has 0 spiro atoms. The predicted octanol–water partition coefficient (Wildman–Crippen LogP) is 0.684. The van der Waals surface area contributed by atoms with Crippen molar-refractivity contribution in [1.29, 1.82) is 0 Å². The Balaban J connectivity index is 1.99. The molecule has 0 atom stereocenters. The summed E-state index contributed by atoms with van der Waals surface area (Å²) in [6.45, 7) is 7.40. The van der Waals surface area contributed by atoms with Crippen LogP contribution in [0.25, 0.3) is 0 Å². The van der Waals surface area contributed by atoms with E-state index in [-0.39, 0.29) is 11.9 Å². The first-order valence-corrected chi connectivity index (χ1v) is 6.62. The second-order valence-electron chi connectivity index (χ2n) is 5.19. The number of likely N-dealkylation sites (N-methyl/N-ethyl adjacent to an activating group) is 1. The highest BCUT2D eigenvalue weighted by Crippen LogP contribution is 2.08. The van der Waals surface area contributed by atoms with Gasteiger partial charge in [-0.1, -0.05) is 0 Å². The summed E-state index contributed by atoms with van der Waals surface area (Å²) in [4.78, 5) is 24.7. The smallest absolute Gasteiger partial charge is 0.257 e. The molecule has 6 heteroatoms. The molecule has 1 amide bonds. The number of nitrogens with zero attached hydrogens (tertiary/aromatic N) is 4. The zero-order valence-electron chi connectivity index (χ0n) is 11.8. The van der Waals surface area contributed by atoms with Gasteiger partial charge < -0.3 is 15.1 Å². The molecule has 0 unspecified atom stereocenters. The summed E-state index contributed by atoms with van der Waals surface area (Å²) in [6, 6.07) is 0.277. The number of hydrogen-bond acceptors (Lipinski definition) is 5. The van der Waals surface area contributed by atoms with E-state index in [2.05, 4.69) is 27.2 Å². The lowest BCUT2D eigenvalue weighted by Gasteiger charge is -2.32. The third kappa shape index (κ3) is 3.64. The maximum atomic E-state index is 12.2. The Morgan fingerprint density at radius 1 is 1.21 bits per heavy atom. The first kappa shape index (κ1) is 13.7. The Morgan fingerprint density at radius 3 is 2.32 bits per heavy atom. The summed E-state index contributed by atoms with van der Waals surface area (Å²) in [7, 11) is 2.07. The Bertz CT molecular complexity index is 423. The van der Waals surface area contributed by atoms with Crippen LogP contribution in [-0.4, -0.2) is 64.9 Å². The molecule has 2 rings (SSSR count). The van der Waals surface area contributed by atoms with E-state index in [0.717, 1.165) is 26.2 Å². The predicted molar refractivity (Wildman–Crippen MR) is 74.2 cm³/mol. The second kappa shape index (κ2) is 5.97. The van der Waals surface area contributed by atoms with Crippen LogP contribution in [0.2, 0.25) is 0 Å². The summed E-state index contributed by atoms with van der Waals surface area (Å²) in [5.74, 6) is 0.578. The molecule has 0 bridgehead atoms. The fourth-order valence-corrected chi connectivity index (χ4v) is 1.96. The van der Waals surface area contributed by atoms with Crippen LogP contribution in [0.3, 0.4) is 0 Å². The lowest BCUT2D eigenvalue weighted by atomic mass is 10.2. The molecule has 1 aromatic heterocycles. The Labute approximate surface area is 113 Å². The quantitative estimate of drug-likeness (QED) is 0.869. The fourth-order valence-electron chi connectivity index (χ4n) is 1.96. The van der Waals surface area contributed by atoms with E-state index in [1.165, 1.54) is 0 Å².